The largest absolute Gasteiger partial charge is 0.485 e. The van der Waals surface area contributed by atoms with Gasteiger partial charge in [0.15, 0.2) is 5.82 Å². The van der Waals surface area contributed by atoms with Crippen LogP contribution in [0.4, 0.5) is 8.78 Å². The number of ether oxygens (including phenoxy) is 2. The number of aromatic nitrogens is 5. The van der Waals surface area contributed by atoms with E-state index in [4.69, 9.17) is 21.1 Å². The number of rotatable bonds is 8. The molecule has 4 aromatic heterocycles. The molecule has 0 saturated carbocycles. The van der Waals surface area contributed by atoms with E-state index < -0.39 is 17.2 Å². The fourth-order valence-corrected chi connectivity index (χ4v) is 3.95. The van der Waals surface area contributed by atoms with Gasteiger partial charge in [0.2, 0.25) is 0 Å². The van der Waals surface area contributed by atoms with Gasteiger partial charge in [-0.15, -0.1) is 0 Å². The molecule has 0 saturated heterocycles. The Morgan fingerprint density at radius 2 is 1.86 bits per heavy atom. The molecule has 0 aliphatic heterocycles. The van der Waals surface area contributed by atoms with Crippen molar-refractivity contribution >= 4 is 11.6 Å². The molecule has 8 nitrogen and oxygen atoms in total. The number of methoxy groups -OCH3 is 1. The van der Waals surface area contributed by atoms with Crippen molar-refractivity contribution in [3.8, 4) is 22.8 Å². The zero-order valence-corrected chi connectivity index (χ0v) is 21.4. The minimum atomic E-state index is -0.856. The van der Waals surface area contributed by atoms with Gasteiger partial charge in [-0.25, -0.2) is 18.7 Å². The van der Waals surface area contributed by atoms with E-state index in [0.29, 0.717) is 41.3 Å². The van der Waals surface area contributed by atoms with Crippen molar-refractivity contribution in [2.24, 2.45) is 0 Å². The second-order valence-corrected chi connectivity index (χ2v) is 8.87. The summed E-state index contributed by atoms with van der Waals surface area (Å²) in [4.78, 5) is 30.4. The van der Waals surface area contributed by atoms with Crippen LogP contribution in [-0.4, -0.2) is 38.2 Å². The van der Waals surface area contributed by atoms with Crippen LogP contribution in [0.1, 0.15) is 35.6 Å². The maximum absolute atomic E-state index is 13.9. The smallest absolute Gasteiger partial charge is 0.277 e. The average Bonchev–Trinajstić information content (AvgIpc) is 2.87. The quantitative estimate of drug-likeness (QED) is 0.320. The molecule has 0 aliphatic carbocycles. The highest BCUT2D eigenvalue weighted by atomic mass is 35.5. The molecule has 1 atom stereocenters. The summed E-state index contributed by atoms with van der Waals surface area (Å²) in [5, 5.41) is -0.191. The number of hydrogen-bond acceptors (Lipinski definition) is 7. The summed E-state index contributed by atoms with van der Waals surface area (Å²) in [6.45, 7) is 5.65. The minimum Gasteiger partial charge on any atom is -0.485 e. The molecule has 0 aliphatic rings. The van der Waals surface area contributed by atoms with E-state index in [9.17, 15) is 13.6 Å². The normalized spacial score (nSPS) is 12.0. The summed E-state index contributed by atoms with van der Waals surface area (Å²) in [5.41, 5.74) is 2.33. The van der Waals surface area contributed by atoms with Gasteiger partial charge in [-0.3, -0.25) is 19.3 Å². The van der Waals surface area contributed by atoms with E-state index in [-0.39, 0.29) is 29.0 Å². The lowest BCUT2D eigenvalue weighted by Crippen LogP contribution is -2.23. The molecule has 0 fully saturated rings. The van der Waals surface area contributed by atoms with Gasteiger partial charge in [0.1, 0.15) is 34.7 Å². The van der Waals surface area contributed by atoms with E-state index in [2.05, 4.69) is 19.9 Å². The molecule has 11 heteroatoms. The van der Waals surface area contributed by atoms with Crippen molar-refractivity contribution in [3.05, 3.63) is 92.6 Å². The van der Waals surface area contributed by atoms with Crippen molar-refractivity contribution in [2.45, 2.75) is 33.3 Å². The van der Waals surface area contributed by atoms with E-state index in [1.165, 1.54) is 4.57 Å². The van der Waals surface area contributed by atoms with Crippen molar-refractivity contribution in [2.75, 3.05) is 13.7 Å². The SMILES string of the molecule is COCC(C)c1nccc(-c2cc(-n3c(C)cc(OCc4ncc(F)cc4F)c(Cl)c3=O)c(C)cn2)n1. The van der Waals surface area contributed by atoms with E-state index >= 15 is 0 Å². The molecule has 0 bridgehead atoms. The van der Waals surface area contributed by atoms with Crippen LogP contribution in [0.5, 0.6) is 5.75 Å². The fraction of sp³-hybridized carbons (Fsp3) is 0.269. The van der Waals surface area contributed by atoms with Crippen molar-refractivity contribution < 1.29 is 18.3 Å². The molecule has 37 heavy (non-hydrogen) atoms. The third kappa shape index (κ3) is 5.65. The van der Waals surface area contributed by atoms with Crippen LogP contribution in [0.15, 0.2) is 47.7 Å². The molecule has 4 aromatic rings. The van der Waals surface area contributed by atoms with Crippen molar-refractivity contribution in [1.82, 2.24) is 24.5 Å². The first-order valence-electron chi connectivity index (χ1n) is 11.3. The predicted molar refractivity (Wildman–Crippen MR) is 134 cm³/mol. The average molecular weight is 528 g/mol. The molecule has 0 N–H and O–H groups in total. The van der Waals surface area contributed by atoms with Gasteiger partial charge in [-0.05, 0) is 31.5 Å². The van der Waals surface area contributed by atoms with Crippen LogP contribution in [-0.2, 0) is 11.3 Å². The number of nitrogens with zero attached hydrogens (tertiary/aromatic N) is 5. The Morgan fingerprint density at radius 1 is 1.08 bits per heavy atom. The predicted octanol–water partition coefficient (Wildman–Crippen LogP) is 4.96. The Balaban J connectivity index is 1.69. The van der Waals surface area contributed by atoms with Gasteiger partial charge in [-0.2, -0.15) is 0 Å². The lowest BCUT2D eigenvalue weighted by atomic mass is 10.1. The van der Waals surface area contributed by atoms with Gasteiger partial charge >= 0.3 is 0 Å². The highest BCUT2D eigenvalue weighted by Crippen LogP contribution is 2.27. The second kappa shape index (κ2) is 11.1. The van der Waals surface area contributed by atoms with Crippen molar-refractivity contribution in [1.29, 1.82) is 0 Å². The summed E-state index contributed by atoms with van der Waals surface area (Å²) < 4.78 is 39.3. The number of pyridine rings is 3. The number of halogens is 3. The topological polar surface area (TPSA) is 92.0 Å². The summed E-state index contributed by atoms with van der Waals surface area (Å²) in [5.74, 6) is -0.985. The minimum absolute atomic E-state index is 0.00957. The maximum Gasteiger partial charge on any atom is 0.277 e. The monoisotopic (exact) mass is 527 g/mol. The molecule has 192 valence electrons. The first-order chi connectivity index (χ1) is 17.7. The molecule has 0 radical (unpaired) electrons. The van der Waals surface area contributed by atoms with Crippen LogP contribution in [0, 0.1) is 25.5 Å². The molecule has 0 amide bonds. The summed E-state index contributed by atoms with van der Waals surface area (Å²) in [6.07, 6.45) is 4.19. The maximum atomic E-state index is 13.9. The molecular formula is C26H24ClF2N5O3. The molecule has 0 spiro atoms. The van der Waals surface area contributed by atoms with Crippen LogP contribution >= 0.6 is 11.6 Å². The first kappa shape index (κ1) is 26.3. The lowest BCUT2D eigenvalue weighted by Gasteiger charge is -2.17. The molecule has 1 unspecified atom stereocenters. The third-order valence-corrected chi connectivity index (χ3v) is 6.01. The Hall–Kier alpha value is -3.76. The molecular weight excluding hydrogens is 504 g/mol. The van der Waals surface area contributed by atoms with Crippen LogP contribution in [0.2, 0.25) is 5.02 Å². The van der Waals surface area contributed by atoms with Gasteiger partial charge in [0, 0.05) is 43.2 Å². The highest BCUT2D eigenvalue weighted by molar-refractivity contribution is 6.31. The Bertz CT molecular complexity index is 1510. The van der Waals surface area contributed by atoms with Gasteiger partial charge in [-0.1, -0.05) is 18.5 Å². The van der Waals surface area contributed by atoms with Crippen molar-refractivity contribution in [3.63, 3.8) is 0 Å². The van der Waals surface area contributed by atoms with E-state index in [0.717, 1.165) is 11.8 Å². The summed E-state index contributed by atoms with van der Waals surface area (Å²) in [7, 11) is 1.62. The zero-order valence-electron chi connectivity index (χ0n) is 20.6. The Labute approximate surface area is 216 Å². The summed E-state index contributed by atoms with van der Waals surface area (Å²) in [6, 6.07) is 5.78. The highest BCUT2D eigenvalue weighted by Gasteiger charge is 2.18. The first-order valence-corrected chi connectivity index (χ1v) is 11.7. The third-order valence-electron chi connectivity index (χ3n) is 5.66. The van der Waals surface area contributed by atoms with Crippen LogP contribution in [0.25, 0.3) is 17.1 Å². The van der Waals surface area contributed by atoms with E-state index in [1.807, 2.05) is 13.8 Å². The fourth-order valence-electron chi connectivity index (χ4n) is 3.75. The van der Waals surface area contributed by atoms with Gasteiger partial charge in [0.05, 0.1) is 29.9 Å². The number of aryl methyl sites for hydroxylation is 2. The molecule has 0 aromatic carbocycles. The lowest BCUT2D eigenvalue weighted by molar-refractivity contribution is 0.181. The Kier molecular flexibility index (Phi) is 7.89. The number of hydrogen-bond donors (Lipinski definition) is 0. The van der Waals surface area contributed by atoms with Gasteiger partial charge < -0.3 is 9.47 Å². The Morgan fingerprint density at radius 3 is 2.59 bits per heavy atom. The molecule has 4 rings (SSSR count). The second-order valence-electron chi connectivity index (χ2n) is 8.49. The standard InChI is InChI=1S/C26H24ClF2N5O3/c1-14-10-31-20(19-5-6-30-25(33-19)15(2)12-36-4)9-22(14)34-16(3)7-23(24(27)26(34)35)37-13-21-18(29)8-17(28)11-32-21/h5-11,15H,12-13H2,1-4H3. The van der Waals surface area contributed by atoms with E-state index in [1.54, 1.807) is 44.6 Å². The van der Waals surface area contributed by atoms with Gasteiger partial charge in [0.25, 0.3) is 5.56 Å². The summed E-state index contributed by atoms with van der Waals surface area (Å²) >= 11 is 6.37. The van der Waals surface area contributed by atoms with Crippen LogP contribution in [0.3, 0.4) is 0 Å². The van der Waals surface area contributed by atoms with Crippen LogP contribution < -0.4 is 10.3 Å². The zero-order chi connectivity index (χ0) is 26.7. The molecule has 4 heterocycles.